The Morgan fingerprint density at radius 2 is 1.75 bits per heavy atom. The van der Waals surface area contributed by atoms with Crippen LogP contribution in [-0.4, -0.2) is 41.1 Å². The first-order valence-corrected chi connectivity index (χ1v) is 7.88. The summed E-state index contributed by atoms with van der Waals surface area (Å²) in [6.45, 7) is 5.59. The summed E-state index contributed by atoms with van der Waals surface area (Å²) in [7, 11) is 0. The maximum absolute atomic E-state index is 5.76. The Bertz CT molecular complexity index is 466. The molecule has 0 unspecified atom stereocenters. The van der Waals surface area contributed by atoms with Crippen LogP contribution < -0.4 is 5.73 Å². The number of likely N-dealkylation sites (tertiary alicyclic amines) is 2. The van der Waals surface area contributed by atoms with Gasteiger partial charge in [0.2, 0.25) is 0 Å². The lowest BCUT2D eigenvalue weighted by Gasteiger charge is -2.39. The van der Waals surface area contributed by atoms with Gasteiger partial charge >= 0.3 is 0 Å². The van der Waals surface area contributed by atoms with Gasteiger partial charge in [-0.05, 0) is 55.5 Å². The van der Waals surface area contributed by atoms with E-state index in [0.717, 1.165) is 19.6 Å². The van der Waals surface area contributed by atoms with Gasteiger partial charge in [-0.25, -0.2) is 0 Å². The van der Waals surface area contributed by atoms with Gasteiger partial charge in [0.1, 0.15) is 0 Å². The molecule has 0 atom stereocenters. The van der Waals surface area contributed by atoms with Crippen molar-refractivity contribution in [2.24, 2.45) is 11.1 Å². The third-order valence-corrected chi connectivity index (χ3v) is 5.17. The molecular weight excluding hydrogens is 266 g/mol. The number of rotatable bonds is 2. The normalized spacial score (nSPS) is 22.3. The molecule has 1 spiro atoms. The molecule has 0 aliphatic carbocycles. The first kappa shape index (κ1) is 13.8. The molecule has 1 aromatic carbocycles. The topological polar surface area (TPSA) is 32.5 Å². The molecule has 2 aliphatic heterocycles. The second kappa shape index (κ2) is 5.70. The summed E-state index contributed by atoms with van der Waals surface area (Å²) in [5, 5.41) is 0.577. The summed E-state index contributed by atoms with van der Waals surface area (Å²) in [6.07, 6.45) is 3.81. The first-order chi connectivity index (χ1) is 9.67. The molecule has 2 N–H and O–H groups in total. The highest BCUT2D eigenvalue weighted by Crippen LogP contribution is 2.40. The van der Waals surface area contributed by atoms with Crippen LogP contribution in [-0.2, 0) is 6.54 Å². The minimum atomic E-state index is 0.469. The summed E-state index contributed by atoms with van der Waals surface area (Å²) in [5.41, 5.74) is 7.65. The van der Waals surface area contributed by atoms with Gasteiger partial charge in [0, 0.05) is 19.6 Å². The zero-order chi connectivity index (χ0) is 14.0. The number of hydrogen-bond donors (Lipinski definition) is 1. The third kappa shape index (κ3) is 2.96. The van der Waals surface area contributed by atoms with Crippen molar-refractivity contribution >= 4 is 17.3 Å². The lowest BCUT2D eigenvalue weighted by atomic mass is 9.77. The van der Waals surface area contributed by atoms with E-state index in [1.54, 1.807) is 0 Å². The van der Waals surface area contributed by atoms with Crippen molar-refractivity contribution in [3.63, 3.8) is 0 Å². The molecule has 0 radical (unpaired) electrons. The Hall–Kier alpha value is -1.13. The van der Waals surface area contributed by atoms with Gasteiger partial charge in [0.05, 0.1) is 0 Å². The smallest absolute Gasteiger partial charge is 0.166 e. The number of benzene rings is 1. The van der Waals surface area contributed by atoms with E-state index < -0.39 is 0 Å². The van der Waals surface area contributed by atoms with Crippen molar-refractivity contribution in [3.05, 3.63) is 35.9 Å². The van der Waals surface area contributed by atoms with Crippen LogP contribution in [0.1, 0.15) is 24.8 Å². The summed E-state index contributed by atoms with van der Waals surface area (Å²) < 4.78 is 0. The van der Waals surface area contributed by atoms with Crippen LogP contribution in [0.2, 0.25) is 0 Å². The van der Waals surface area contributed by atoms with E-state index in [4.69, 9.17) is 18.0 Å². The molecule has 4 heteroatoms. The minimum Gasteiger partial charge on any atom is -0.376 e. The number of thiocarbonyl (C=S) groups is 1. The van der Waals surface area contributed by atoms with Crippen LogP contribution >= 0.6 is 12.2 Å². The summed E-state index contributed by atoms with van der Waals surface area (Å²) >= 11 is 5.11. The highest BCUT2D eigenvalue weighted by molar-refractivity contribution is 7.80. The molecule has 2 heterocycles. The lowest BCUT2D eigenvalue weighted by molar-refractivity contribution is 0.109. The molecule has 2 aliphatic rings. The van der Waals surface area contributed by atoms with E-state index in [2.05, 4.69) is 40.1 Å². The van der Waals surface area contributed by atoms with Gasteiger partial charge in [0.25, 0.3) is 0 Å². The SMILES string of the molecule is NC(=S)N1CCC2(CCN(Cc3ccccc3)CC2)C1. The third-order valence-electron chi connectivity index (χ3n) is 4.92. The molecular formula is C16H23N3S. The quantitative estimate of drug-likeness (QED) is 0.846. The standard InChI is InChI=1S/C16H23N3S/c17-15(20)19-11-8-16(13-19)6-9-18(10-7-16)12-14-4-2-1-3-5-14/h1-5H,6-13H2,(H2,17,20). The van der Waals surface area contributed by atoms with Gasteiger partial charge in [-0.1, -0.05) is 30.3 Å². The second-order valence-corrected chi connectivity index (χ2v) is 6.69. The molecule has 2 fully saturated rings. The van der Waals surface area contributed by atoms with Crippen molar-refractivity contribution in [2.45, 2.75) is 25.8 Å². The van der Waals surface area contributed by atoms with E-state index in [1.165, 1.54) is 37.9 Å². The van der Waals surface area contributed by atoms with Crippen LogP contribution in [0, 0.1) is 5.41 Å². The Kier molecular flexibility index (Phi) is 3.94. The number of piperidine rings is 1. The fourth-order valence-electron chi connectivity index (χ4n) is 3.56. The summed E-state index contributed by atoms with van der Waals surface area (Å²) in [5.74, 6) is 0. The predicted molar refractivity (Wildman–Crippen MR) is 86.4 cm³/mol. The number of nitrogens with zero attached hydrogens (tertiary/aromatic N) is 2. The molecule has 108 valence electrons. The fraction of sp³-hybridized carbons (Fsp3) is 0.562. The molecule has 0 amide bonds. The zero-order valence-corrected chi connectivity index (χ0v) is 12.7. The van der Waals surface area contributed by atoms with E-state index in [9.17, 15) is 0 Å². The molecule has 2 saturated heterocycles. The van der Waals surface area contributed by atoms with E-state index in [1.807, 2.05) is 0 Å². The maximum atomic E-state index is 5.76. The van der Waals surface area contributed by atoms with Crippen LogP contribution in [0.15, 0.2) is 30.3 Å². The van der Waals surface area contributed by atoms with Crippen molar-refractivity contribution in [1.29, 1.82) is 0 Å². The lowest BCUT2D eigenvalue weighted by Crippen LogP contribution is -2.42. The van der Waals surface area contributed by atoms with E-state index >= 15 is 0 Å². The van der Waals surface area contributed by atoms with Crippen molar-refractivity contribution in [2.75, 3.05) is 26.2 Å². The van der Waals surface area contributed by atoms with Gasteiger partial charge in [-0.2, -0.15) is 0 Å². The Morgan fingerprint density at radius 3 is 2.35 bits per heavy atom. The van der Waals surface area contributed by atoms with Crippen LogP contribution in [0.4, 0.5) is 0 Å². The van der Waals surface area contributed by atoms with E-state index in [-0.39, 0.29) is 0 Å². The first-order valence-electron chi connectivity index (χ1n) is 7.48. The van der Waals surface area contributed by atoms with E-state index in [0.29, 0.717) is 10.5 Å². The average Bonchev–Trinajstić information content (AvgIpc) is 2.87. The van der Waals surface area contributed by atoms with Crippen LogP contribution in [0.25, 0.3) is 0 Å². The Balaban J connectivity index is 1.54. The monoisotopic (exact) mass is 289 g/mol. The number of hydrogen-bond acceptors (Lipinski definition) is 2. The van der Waals surface area contributed by atoms with Crippen molar-refractivity contribution in [1.82, 2.24) is 9.80 Å². The Morgan fingerprint density at radius 1 is 1.10 bits per heavy atom. The highest BCUT2D eigenvalue weighted by atomic mass is 32.1. The molecule has 3 nitrogen and oxygen atoms in total. The van der Waals surface area contributed by atoms with Gasteiger partial charge in [-0.3, -0.25) is 4.90 Å². The van der Waals surface area contributed by atoms with Crippen LogP contribution in [0.3, 0.4) is 0 Å². The minimum absolute atomic E-state index is 0.469. The Labute approximate surface area is 126 Å². The molecule has 1 aromatic rings. The molecule has 20 heavy (non-hydrogen) atoms. The fourth-order valence-corrected chi connectivity index (χ4v) is 3.71. The molecule has 0 saturated carbocycles. The average molecular weight is 289 g/mol. The number of nitrogens with two attached hydrogens (primary N) is 1. The second-order valence-electron chi connectivity index (χ2n) is 6.27. The maximum Gasteiger partial charge on any atom is 0.166 e. The predicted octanol–water partition coefficient (Wildman–Crippen LogP) is 2.22. The summed E-state index contributed by atoms with van der Waals surface area (Å²) in [4.78, 5) is 4.76. The van der Waals surface area contributed by atoms with Crippen molar-refractivity contribution < 1.29 is 0 Å². The van der Waals surface area contributed by atoms with Crippen molar-refractivity contribution in [3.8, 4) is 0 Å². The molecule has 0 bridgehead atoms. The molecule has 0 aromatic heterocycles. The largest absolute Gasteiger partial charge is 0.376 e. The van der Waals surface area contributed by atoms with Crippen LogP contribution in [0.5, 0.6) is 0 Å². The molecule has 3 rings (SSSR count). The van der Waals surface area contributed by atoms with Gasteiger partial charge in [0.15, 0.2) is 5.11 Å². The summed E-state index contributed by atoms with van der Waals surface area (Å²) in [6, 6.07) is 10.8. The highest BCUT2D eigenvalue weighted by Gasteiger charge is 2.40. The van der Waals surface area contributed by atoms with Gasteiger partial charge in [-0.15, -0.1) is 0 Å². The zero-order valence-electron chi connectivity index (χ0n) is 11.9. The van der Waals surface area contributed by atoms with Gasteiger partial charge < -0.3 is 10.6 Å².